The highest BCUT2D eigenvalue weighted by Gasteiger charge is 2.11. The molecule has 0 spiro atoms. The molecule has 0 saturated heterocycles. The summed E-state index contributed by atoms with van der Waals surface area (Å²) in [4.78, 5) is 4.43. The van der Waals surface area contributed by atoms with Crippen molar-refractivity contribution in [3.05, 3.63) is 52.5 Å². The molecule has 2 rings (SSSR count). The molecule has 6 nitrogen and oxygen atoms in total. The minimum atomic E-state index is -2.93. The summed E-state index contributed by atoms with van der Waals surface area (Å²) in [6.07, 6.45) is 0. The Kier molecular flexibility index (Phi) is 10.8. The monoisotopic (exact) mass is 541 g/mol. The second kappa shape index (κ2) is 12.5. The molecule has 2 aromatic carbocycles. The molecule has 0 heterocycles. The SMILES string of the molecule is CCNC(=NCc1ccc(OC)c(O)c1)NCc1cc(Cl)ccc1OC(F)F.I. The first kappa shape index (κ1) is 25.0. The van der Waals surface area contributed by atoms with Crippen LogP contribution in [0.3, 0.4) is 0 Å². The summed E-state index contributed by atoms with van der Waals surface area (Å²) in [5, 5.41) is 16.4. The van der Waals surface area contributed by atoms with Crippen molar-refractivity contribution in [2.45, 2.75) is 26.6 Å². The maximum atomic E-state index is 12.6. The van der Waals surface area contributed by atoms with Crippen molar-refractivity contribution < 1.29 is 23.4 Å². The van der Waals surface area contributed by atoms with Gasteiger partial charge in [0.05, 0.1) is 13.7 Å². The van der Waals surface area contributed by atoms with Gasteiger partial charge in [-0.15, -0.1) is 24.0 Å². The molecule has 0 aliphatic carbocycles. The largest absolute Gasteiger partial charge is 0.504 e. The molecular weight excluding hydrogens is 519 g/mol. The number of alkyl halides is 2. The Labute approximate surface area is 190 Å². The number of aromatic hydroxyl groups is 1. The molecule has 0 aromatic heterocycles. The molecule has 0 fully saturated rings. The standard InChI is InChI=1S/C19H22ClF2N3O3.HI/c1-3-23-19(24-10-12-4-6-17(27-2)15(26)8-12)25-11-13-9-14(20)5-7-16(13)28-18(21)22;/h4-9,18,26H,3,10-11H2,1-2H3,(H2,23,24,25);1H. The molecule has 0 bridgehead atoms. The molecule has 0 unspecified atom stereocenters. The first-order valence-electron chi connectivity index (χ1n) is 8.54. The van der Waals surface area contributed by atoms with Crippen LogP contribution in [-0.4, -0.2) is 31.3 Å². The zero-order chi connectivity index (χ0) is 20.5. The second-order valence-corrected chi connectivity index (χ2v) is 6.12. The predicted molar refractivity (Wildman–Crippen MR) is 120 cm³/mol. The van der Waals surface area contributed by atoms with Gasteiger partial charge < -0.3 is 25.2 Å². The lowest BCUT2D eigenvalue weighted by Crippen LogP contribution is -2.36. The topological polar surface area (TPSA) is 75.1 Å². The second-order valence-electron chi connectivity index (χ2n) is 5.69. The van der Waals surface area contributed by atoms with Crippen LogP contribution in [0.5, 0.6) is 17.2 Å². The fourth-order valence-electron chi connectivity index (χ4n) is 2.42. The maximum Gasteiger partial charge on any atom is 0.387 e. The number of benzene rings is 2. The zero-order valence-corrected chi connectivity index (χ0v) is 19.0. The van der Waals surface area contributed by atoms with Crippen LogP contribution in [0, 0.1) is 0 Å². The van der Waals surface area contributed by atoms with Gasteiger partial charge in [0.1, 0.15) is 5.75 Å². The van der Waals surface area contributed by atoms with E-state index in [4.69, 9.17) is 16.3 Å². The van der Waals surface area contributed by atoms with Crippen molar-refractivity contribution in [3.8, 4) is 17.2 Å². The van der Waals surface area contributed by atoms with Crippen molar-refractivity contribution in [2.75, 3.05) is 13.7 Å². The van der Waals surface area contributed by atoms with E-state index in [1.54, 1.807) is 24.3 Å². The average Bonchev–Trinajstić information content (AvgIpc) is 2.65. The number of ether oxygens (including phenoxy) is 2. The molecule has 10 heteroatoms. The van der Waals surface area contributed by atoms with E-state index in [2.05, 4.69) is 20.4 Å². The number of hydrogen-bond acceptors (Lipinski definition) is 4. The molecule has 0 saturated carbocycles. The fraction of sp³-hybridized carbons (Fsp3) is 0.316. The summed E-state index contributed by atoms with van der Waals surface area (Å²) in [7, 11) is 1.47. The summed E-state index contributed by atoms with van der Waals surface area (Å²) in [5.74, 6) is 0.926. The molecule has 29 heavy (non-hydrogen) atoms. The van der Waals surface area contributed by atoms with Crippen LogP contribution in [0.2, 0.25) is 5.02 Å². The highest BCUT2D eigenvalue weighted by atomic mass is 127. The quantitative estimate of drug-likeness (QED) is 0.260. The third-order valence-corrected chi connectivity index (χ3v) is 3.93. The third kappa shape index (κ3) is 8.09. The summed E-state index contributed by atoms with van der Waals surface area (Å²) >= 11 is 5.96. The molecule has 160 valence electrons. The Morgan fingerprint density at radius 1 is 1.17 bits per heavy atom. The average molecular weight is 542 g/mol. The number of nitrogens with zero attached hydrogens (tertiary/aromatic N) is 1. The number of guanidine groups is 1. The maximum absolute atomic E-state index is 12.6. The Morgan fingerprint density at radius 2 is 1.90 bits per heavy atom. The molecular formula is C19H23ClF2IN3O3. The highest BCUT2D eigenvalue weighted by molar-refractivity contribution is 14.0. The number of nitrogens with one attached hydrogen (secondary N) is 2. The van der Waals surface area contributed by atoms with E-state index in [-0.39, 0.29) is 42.0 Å². The molecule has 0 aliphatic rings. The Balaban J connectivity index is 0.00000420. The molecule has 0 atom stereocenters. The fourth-order valence-corrected chi connectivity index (χ4v) is 2.62. The normalized spacial score (nSPS) is 11.0. The molecule has 3 N–H and O–H groups in total. The zero-order valence-electron chi connectivity index (χ0n) is 15.9. The molecule has 0 amide bonds. The van der Waals surface area contributed by atoms with Gasteiger partial charge in [0, 0.05) is 23.7 Å². The Bertz CT molecular complexity index is 825. The number of phenolic OH excluding ortho intramolecular Hbond substituents is 1. The van der Waals surface area contributed by atoms with E-state index in [9.17, 15) is 13.9 Å². The number of hydrogen-bond donors (Lipinski definition) is 3. The van der Waals surface area contributed by atoms with E-state index in [1.165, 1.54) is 19.2 Å². The first-order valence-corrected chi connectivity index (χ1v) is 8.92. The molecule has 0 radical (unpaired) electrons. The smallest absolute Gasteiger partial charge is 0.387 e. The number of rotatable bonds is 8. The number of methoxy groups -OCH3 is 1. The molecule has 2 aromatic rings. The lowest BCUT2D eigenvalue weighted by atomic mass is 10.2. The van der Waals surface area contributed by atoms with Gasteiger partial charge >= 0.3 is 6.61 Å². The van der Waals surface area contributed by atoms with E-state index < -0.39 is 6.61 Å². The predicted octanol–water partition coefficient (Wildman–Crippen LogP) is 4.53. The van der Waals surface area contributed by atoms with Gasteiger partial charge in [-0.3, -0.25) is 0 Å². The van der Waals surface area contributed by atoms with Crippen LogP contribution < -0.4 is 20.1 Å². The van der Waals surface area contributed by atoms with Crippen molar-refractivity contribution >= 4 is 41.5 Å². The minimum Gasteiger partial charge on any atom is -0.504 e. The lowest BCUT2D eigenvalue weighted by molar-refractivity contribution is -0.0504. The number of halogens is 4. The van der Waals surface area contributed by atoms with Gasteiger partial charge in [-0.05, 0) is 42.8 Å². The van der Waals surface area contributed by atoms with Gasteiger partial charge in [0.2, 0.25) is 0 Å². The molecule has 0 aliphatic heterocycles. The lowest BCUT2D eigenvalue weighted by Gasteiger charge is -2.15. The van der Waals surface area contributed by atoms with Crippen molar-refractivity contribution in [2.24, 2.45) is 4.99 Å². The Morgan fingerprint density at radius 3 is 2.52 bits per heavy atom. The Hall–Kier alpha value is -2.01. The van der Waals surface area contributed by atoms with E-state index in [0.717, 1.165) is 5.56 Å². The van der Waals surface area contributed by atoms with Crippen LogP contribution in [0.4, 0.5) is 8.78 Å². The van der Waals surface area contributed by atoms with Gasteiger partial charge in [0.15, 0.2) is 17.5 Å². The third-order valence-electron chi connectivity index (χ3n) is 3.69. The summed E-state index contributed by atoms with van der Waals surface area (Å²) < 4.78 is 34.7. The highest BCUT2D eigenvalue weighted by Crippen LogP contribution is 2.26. The van der Waals surface area contributed by atoms with Crippen LogP contribution in [-0.2, 0) is 13.1 Å². The summed E-state index contributed by atoms with van der Waals surface area (Å²) in [5.41, 5.74) is 1.25. The van der Waals surface area contributed by atoms with Crippen LogP contribution in [0.25, 0.3) is 0 Å². The van der Waals surface area contributed by atoms with Crippen molar-refractivity contribution in [1.82, 2.24) is 10.6 Å². The van der Waals surface area contributed by atoms with E-state index in [0.29, 0.717) is 35.4 Å². The van der Waals surface area contributed by atoms with E-state index in [1.807, 2.05) is 6.92 Å². The minimum absolute atomic E-state index is 0. The van der Waals surface area contributed by atoms with Crippen LogP contribution >= 0.6 is 35.6 Å². The van der Waals surface area contributed by atoms with E-state index >= 15 is 0 Å². The first-order chi connectivity index (χ1) is 13.4. The van der Waals surface area contributed by atoms with Gasteiger partial charge in [-0.1, -0.05) is 17.7 Å². The van der Waals surface area contributed by atoms with Crippen molar-refractivity contribution in [3.63, 3.8) is 0 Å². The number of aliphatic imine (C=N–C) groups is 1. The van der Waals surface area contributed by atoms with Gasteiger partial charge in [0.25, 0.3) is 0 Å². The van der Waals surface area contributed by atoms with Crippen LogP contribution in [0.1, 0.15) is 18.1 Å². The van der Waals surface area contributed by atoms with Gasteiger partial charge in [-0.2, -0.15) is 8.78 Å². The van der Waals surface area contributed by atoms with Crippen LogP contribution in [0.15, 0.2) is 41.4 Å². The summed E-state index contributed by atoms with van der Waals surface area (Å²) in [6, 6.07) is 9.44. The summed E-state index contributed by atoms with van der Waals surface area (Å²) in [6.45, 7) is 0.0617. The number of phenols is 1. The van der Waals surface area contributed by atoms with Crippen molar-refractivity contribution in [1.29, 1.82) is 0 Å². The van der Waals surface area contributed by atoms with Gasteiger partial charge in [-0.25, -0.2) is 4.99 Å².